The van der Waals surface area contributed by atoms with Crippen LogP contribution in [0.1, 0.15) is 38.5 Å². The van der Waals surface area contributed by atoms with Crippen molar-refractivity contribution in [2.24, 2.45) is 7.05 Å². The molecule has 1 fully saturated rings. The van der Waals surface area contributed by atoms with Gasteiger partial charge in [-0.1, -0.05) is 0 Å². The zero-order valence-corrected chi connectivity index (χ0v) is 20.9. The summed E-state index contributed by atoms with van der Waals surface area (Å²) in [7, 11) is 6.45. The average molecular weight is 481 g/mol. The van der Waals surface area contributed by atoms with Gasteiger partial charge >= 0.3 is 0 Å². The molecule has 1 aliphatic rings. The van der Waals surface area contributed by atoms with Crippen LogP contribution in [0.5, 0.6) is 17.2 Å². The number of Topliss-reactive ketones (excluding diaryl/α,β-unsaturated/α-hetero) is 1. The largest absolute Gasteiger partial charge is 1.00 e. The van der Waals surface area contributed by atoms with Gasteiger partial charge in [-0.3, -0.25) is 14.3 Å². The molecule has 1 N–H and O–H groups in total. The molecule has 2 aromatic rings. The van der Waals surface area contributed by atoms with E-state index in [2.05, 4.69) is 5.10 Å². The lowest BCUT2D eigenvalue weighted by molar-refractivity contribution is -0.903. The third-order valence-corrected chi connectivity index (χ3v) is 6.16. The number of quaternary nitrogens is 1. The number of nitrogens with one attached hydrogen (secondary N) is 1. The number of carbonyl (C=O) groups is 2. The van der Waals surface area contributed by atoms with Crippen molar-refractivity contribution in [2.45, 2.75) is 20.3 Å². The van der Waals surface area contributed by atoms with Gasteiger partial charge in [0.2, 0.25) is 5.75 Å². The maximum atomic E-state index is 13.1. The lowest BCUT2D eigenvalue weighted by Crippen LogP contribution is -3.14. The Kier molecular flexibility index (Phi) is 9.13. The molecule has 9 nitrogen and oxygen atoms in total. The van der Waals surface area contributed by atoms with E-state index in [1.165, 1.54) is 26.2 Å². The SMILES string of the molecule is COc1cc(C(=O)N2CC[NH+](CCC(=O)c3c(C)nn(C)c3C)CC2)cc(OC)c1OC.[Cl-]. The van der Waals surface area contributed by atoms with Gasteiger partial charge in [-0.05, 0) is 26.0 Å². The average Bonchev–Trinajstić information content (AvgIpc) is 3.07. The van der Waals surface area contributed by atoms with Gasteiger partial charge < -0.3 is 36.4 Å². The molecule has 33 heavy (non-hydrogen) atoms. The summed E-state index contributed by atoms with van der Waals surface area (Å²) in [4.78, 5) is 28.9. The molecule has 0 aliphatic carbocycles. The number of methoxy groups -OCH3 is 3. The minimum atomic E-state index is -0.0685. The van der Waals surface area contributed by atoms with Crippen LogP contribution >= 0.6 is 0 Å². The van der Waals surface area contributed by atoms with Crippen LogP contribution in [0.2, 0.25) is 0 Å². The highest BCUT2D eigenvalue weighted by Gasteiger charge is 2.27. The van der Waals surface area contributed by atoms with E-state index in [9.17, 15) is 9.59 Å². The van der Waals surface area contributed by atoms with Gasteiger partial charge in [0, 0.05) is 18.3 Å². The van der Waals surface area contributed by atoms with Crippen LogP contribution in [0.25, 0.3) is 0 Å². The van der Waals surface area contributed by atoms with Gasteiger partial charge in [0.1, 0.15) is 0 Å². The molecule has 1 aliphatic heterocycles. The summed E-state index contributed by atoms with van der Waals surface area (Å²) < 4.78 is 17.8. The number of nitrogens with zero attached hydrogens (tertiary/aromatic N) is 3. The zero-order chi connectivity index (χ0) is 23.4. The number of aromatic nitrogens is 2. The predicted octanol–water partition coefficient (Wildman–Crippen LogP) is -2.32. The molecule has 0 saturated carbocycles. The van der Waals surface area contributed by atoms with Crippen molar-refractivity contribution >= 4 is 11.7 Å². The monoisotopic (exact) mass is 480 g/mol. The molecule has 10 heteroatoms. The van der Waals surface area contributed by atoms with Crippen LogP contribution in [0.15, 0.2) is 12.1 Å². The molecular formula is C23H33ClN4O5. The maximum Gasteiger partial charge on any atom is 0.254 e. The molecule has 1 amide bonds. The number of ether oxygens (including phenoxy) is 3. The number of hydrogen-bond donors (Lipinski definition) is 1. The molecule has 0 unspecified atom stereocenters. The first kappa shape index (κ1) is 26.5. The van der Waals surface area contributed by atoms with Gasteiger partial charge in [0.25, 0.3) is 5.91 Å². The molecule has 0 spiro atoms. The normalized spacial score (nSPS) is 13.9. The molecule has 1 aromatic heterocycles. The first-order valence-electron chi connectivity index (χ1n) is 10.8. The lowest BCUT2D eigenvalue weighted by atomic mass is 10.1. The Morgan fingerprint density at radius 2 is 1.61 bits per heavy atom. The first-order valence-corrected chi connectivity index (χ1v) is 10.8. The standard InChI is InChI=1S/C23H32N4O5.ClH/c1-15-21(16(2)25(3)24-15)18(28)7-8-26-9-11-27(12-10-26)23(29)17-13-19(30-4)22(32-6)20(14-17)31-5;/h13-14H,7-12H2,1-6H3;1H. The van der Waals surface area contributed by atoms with Gasteiger partial charge in [-0.2, -0.15) is 5.10 Å². The molecule has 182 valence electrons. The second-order valence-corrected chi connectivity index (χ2v) is 8.05. The minimum Gasteiger partial charge on any atom is -1.00 e. The van der Waals surface area contributed by atoms with E-state index in [0.717, 1.165) is 36.6 Å². The van der Waals surface area contributed by atoms with E-state index < -0.39 is 0 Å². The number of amides is 1. The van der Waals surface area contributed by atoms with Crippen molar-refractivity contribution in [3.63, 3.8) is 0 Å². The van der Waals surface area contributed by atoms with Crippen molar-refractivity contribution in [2.75, 3.05) is 54.1 Å². The highest BCUT2D eigenvalue weighted by atomic mass is 35.5. The molecule has 0 atom stereocenters. The van der Waals surface area contributed by atoms with Crippen LogP contribution < -0.4 is 31.5 Å². The first-order chi connectivity index (χ1) is 15.3. The molecular weight excluding hydrogens is 448 g/mol. The number of carbonyl (C=O) groups excluding carboxylic acids is 2. The number of piperazine rings is 1. The van der Waals surface area contributed by atoms with Crippen molar-refractivity contribution in [3.8, 4) is 17.2 Å². The van der Waals surface area contributed by atoms with E-state index in [4.69, 9.17) is 14.2 Å². The van der Waals surface area contributed by atoms with Crippen LogP contribution in [0.4, 0.5) is 0 Å². The predicted molar refractivity (Wildman–Crippen MR) is 119 cm³/mol. The topological polar surface area (TPSA) is 87.3 Å². The fourth-order valence-corrected chi connectivity index (χ4v) is 4.26. The molecule has 2 heterocycles. The maximum absolute atomic E-state index is 13.1. The van der Waals surface area contributed by atoms with Crippen LogP contribution in [-0.2, 0) is 7.05 Å². The van der Waals surface area contributed by atoms with Crippen LogP contribution in [0, 0.1) is 13.8 Å². The summed E-state index contributed by atoms with van der Waals surface area (Å²) >= 11 is 0. The van der Waals surface area contributed by atoms with Crippen LogP contribution in [0.3, 0.4) is 0 Å². The Morgan fingerprint density at radius 1 is 1.03 bits per heavy atom. The Bertz CT molecular complexity index is 974. The second kappa shape index (κ2) is 11.4. The van der Waals surface area contributed by atoms with E-state index in [-0.39, 0.29) is 24.1 Å². The van der Waals surface area contributed by atoms with Crippen molar-refractivity contribution in [1.82, 2.24) is 14.7 Å². The van der Waals surface area contributed by atoms with Crippen molar-refractivity contribution in [1.29, 1.82) is 0 Å². The van der Waals surface area contributed by atoms with Crippen molar-refractivity contribution < 1.29 is 41.1 Å². The van der Waals surface area contributed by atoms with Gasteiger partial charge in [0.05, 0.1) is 71.7 Å². The fraction of sp³-hybridized carbons (Fsp3) is 0.522. The number of halogens is 1. The van der Waals surface area contributed by atoms with Crippen molar-refractivity contribution in [3.05, 3.63) is 34.6 Å². The summed E-state index contributed by atoms with van der Waals surface area (Å²) in [6.45, 7) is 7.41. The zero-order valence-electron chi connectivity index (χ0n) is 20.2. The number of aryl methyl sites for hydroxylation is 2. The summed E-state index contributed by atoms with van der Waals surface area (Å²) in [5.74, 6) is 1.44. The summed E-state index contributed by atoms with van der Waals surface area (Å²) in [6, 6.07) is 3.36. The highest BCUT2D eigenvalue weighted by molar-refractivity contribution is 5.98. The minimum absolute atomic E-state index is 0. The Morgan fingerprint density at radius 3 is 2.06 bits per heavy atom. The lowest BCUT2D eigenvalue weighted by Gasteiger charge is -2.32. The number of benzene rings is 1. The number of ketones is 1. The summed E-state index contributed by atoms with van der Waals surface area (Å²) in [5.41, 5.74) is 2.93. The number of hydrogen-bond acceptors (Lipinski definition) is 6. The van der Waals surface area contributed by atoms with E-state index in [0.29, 0.717) is 42.3 Å². The Labute approximate surface area is 201 Å². The van der Waals surface area contributed by atoms with Gasteiger partial charge in [0.15, 0.2) is 17.3 Å². The molecule has 0 radical (unpaired) electrons. The summed E-state index contributed by atoms with van der Waals surface area (Å²) in [6.07, 6.45) is 0.476. The second-order valence-electron chi connectivity index (χ2n) is 8.05. The quantitative estimate of drug-likeness (QED) is 0.427. The third-order valence-electron chi connectivity index (χ3n) is 6.16. The molecule has 0 bridgehead atoms. The summed E-state index contributed by atoms with van der Waals surface area (Å²) in [5, 5.41) is 4.34. The third kappa shape index (κ3) is 5.59. The molecule has 3 rings (SSSR count). The Balaban J connectivity index is 0.00000385. The Hall–Kier alpha value is -2.78. The molecule has 1 saturated heterocycles. The smallest absolute Gasteiger partial charge is 0.254 e. The van der Waals surface area contributed by atoms with Gasteiger partial charge in [-0.15, -0.1) is 0 Å². The van der Waals surface area contributed by atoms with E-state index in [1.807, 2.05) is 25.8 Å². The van der Waals surface area contributed by atoms with Gasteiger partial charge in [-0.25, -0.2) is 0 Å². The fourth-order valence-electron chi connectivity index (χ4n) is 4.26. The molecule has 1 aromatic carbocycles. The van der Waals surface area contributed by atoms with E-state index >= 15 is 0 Å². The van der Waals surface area contributed by atoms with E-state index in [1.54, 1.807) is 16.8 Å². The van der Waals surface area contributed by atoms with Crippen LogP contribution in [-0.4, -0.2) is 80.4 Å². The number of rotatable bonds is 8. The highest BCUT2D eigenvalue weighted by Crippen LogP contribution is 2.38.